The molecule has 0 bridgehead atoms. The van der Waals surface area contributed by atoms with E-state index >= 15 is 0 Å². The van der Waals surface area contributed by atoms with E-state index in [1.165, 1.54) is 57.8 Å². The van der Waals surface area contributed by atoms with Crippen LogP contribution in [0.5, 0.6) is 0 Å². The van der Waals surface area contributed by atoms with E-state index in [4.69, 9.17) is 40.1 Å². The molecule has 41 heavy (non-hydrogen) atoms. The van der Waals surface area contributed by atoms with Gasteiger partial charge in [0.2, 0.25) is 11.8 Å². The molecular formula is C31H70N8O2. The SMILES string of the molecule is CCCCCCCCCCCCNC(=O)CCC(N)=O.NCCCC(N)(CCCN)C(CN)(CCCN)CCCN. The van der Waals surface area contributed by atoms with Gasteiger partial charge < -0.3 is 45.5 Å². The third-order valence-corrected chi connectivity index (χ3v) is 8.27. The van der Waals surface area contributed by atoms with Crippen LogP contribution in [0.2, 0.25) is 0 Å². The monoisotopic (exact) mass is 587 g/mol. The summed E-state index contributed by atoms with van der Waals surface area (Å²) in [6, 6.07) is 0. The number of amides is 2. The van der Waals surface area contributed by atoms with Gasteiger partial charge in [0.1, 0.15) is 0 Å². The largest absolute Gasteiger partial charge is 0.370 e. The van der Waals surface area contributed by atoms with E-state index in [-0.39, 0.29) is 29.7 Å². The molecule has 10 heteroatoms. The van der Waals surface area contributed by atoms with E-state index in [0.29, 0.717) is 39.3 Å². The number of carbonyl (C=O) groups is 2. The predicted molar refractivity (Wildman–Crippen MR) is 175 cm³/mol. The Labute approximate surface area is 252 Å². The molecule has 0 aromatic rings. The second-order valence-corrected chi connectivity index (χ2v) is 11.7. The molecule has 2 amide bonds. The van der Waals surface area contributed by atoms with Crippen LogP contribution in [0, 0.1) is 5.41 Å². The number of rotatable bonds is 28. The Morgan fingerprint density at radius 2 is 1.00 bits per heavy atom. The van der Waals surface area contributed by atoms with Crippen molar-refractivity contribution in [1.29, 1.82) is 0 Å². The molecule has 0 aliphatic rings. The van der Waals surface area contributed by atoms with Crippen LogP contribution in [-0.2, 0) is 9.59 Å². The number of carbonyl (C=O) groups excluding carboxylic acids is 2. The molecule has 0 aromatic heterocycles. The zero-order chi connectivity index (χ0) is 31.2. The van der Waals surface area contributed by atoms with Crippen LogP contribution >= 0.6 is 0 Å². The highest BCUT2D eigenvalue weighted by Gasteiger charge is 2.45. The first-order valence-electron chi connectivity index (χ1n) is 16.6. The van der Waals surface area contributed by atoms with Crippen molar-refractivity contribution in [3.8, 4) is 0 Å². The summed E-state index contributed by atoms with van der Waals surface area (Å²) in [6.45, 7) is 6.15. The minimum atomic E-state index is -0.418. The summed E-state index contributed by atoms with van der Waals surface area (Å²) in [7, 11) is 0. The van der Waals surface area contributed by atoms with Gasteiger partial charge in [-0.25, -0.2) is 0 Å². The van der Waals surface area contributed by atoms with Crippen LogP contribution < -0.4 is 45.5 Å². The third-order valence-electron chi connectivity index (χ3n) is 8.27. The Bertz CT molecular complexity index is 591. The summed E-state index contributed by atoms with van der Waals surface area (Å²) in [4.78, 5) is 21.8. The topological polar surface area (TPSA) is 228 Å². The molecule has 0 atom stereocenters. The van der Waals surface area contributed by atoms with Crippen LogP contribution in [0.4, 0.5) is 0 Å². The van der Waals surface area contributed by atoms with Crippen LogP contribution in [0.1, 0.15) is 135 Å². The van der Waals surface area contributed by atoms with Crippen LogP contribution in [-0.4, -0.2) is 56.6 Å². The molecule has 0 aromatic carbocycles. The van der Waals surface area contributed by atoms with E-state index in [2.05, 4.69) is 12.2 Å². The van der Waals surface area contributed by atoms with E-state index in [1.54, 1.807) is 0 Å². The summed E-state index contributed by atoms with van der Waals surface area (Å²) in [5.41, 5.74) is 40.4. The van der Waals surface area contributed by atoms with Crippen LogP contribution in [0.3, 0.4) is 0 Å². The summed E-state index contributed by atoms with van der Waals surface area (Å²) in [5.74, 6) is -0.487. The number of hydrogen-bond acceptors (Lipinski definition) is 8. The Kier molecular flexibility index (Phi) is 29.4. The lowest BCUT2D eigenvalue weighted by Crippen LogP contribution is -2.59. The molecule has 246 valence electrons. The van der Waals surface area contributed by atoms with Gasteiger partial charge in [-0.2, -0.15) is 0 Å². The summed E-state index contributed by atoms with van der Waals surface area (Å²) in [6.07, 6.45) is 20.6. The molecule has 0 aliphatic heterocycles. The predicted octanol–water partition coefficient (Wildman–Crippen LogP) is 2.87. The average molecular weight is 587 g/mol. The molecule has 0 fully saturated rings. The zero-order valence-electron chi connectivity index (χ0n) is 26.7. The lowest BCUT2D eigenvalue weighted by Gasteiger charge is -2.49. The molecule has 0 unspecified atom stereocenters. The number of nitrogens with one attached hydrogen (secondary N) is 1. The Balaban J connectivity index is 0. The maximum atomic E-state index is 11.3. The van der Waals surface area contributed by atoms with Gasteiger partial charge in [0.15, 0.2) is 0 Å². The van der Waals surface area contributed by atoms with Crippen molar-refractivity contribution in [3.63, 3.8) is 0 Å². The molecular weight excluding hydrogens is 516 g/mol. The molecule has 0 saturated heterocycles. The van der Waals surface area contributed by atoms with Gasteiger partial charge in [-0.3, -0.25) is 9.59 Å². The summed E-state index contributed by atoms with van der Waals surface area (Å²) in [5, 5.41) is 2.82. The maximum absolute atomic E-state index is 11.3. The van der Waals surface area contributed by atoms with Crippen molar-refractivity contribution in [2.45, 2.75) is 141 Å². The van der Waals surface area contributed by atoms with Crippen molar-refractivity contribution in [2.75, 3.05) is 39.3 Å². The summed E-state index contributed by atoms with van der Waals surface area (Å²) < 4.78 is 0. The Hall–Kier alpha value is -1.30. The van der Waals surface area contributed by atoms with E-state index in [9.17, 15) is 9.59 Å². The van der Waals surface area contributed by atoms with Crippen LogP contribution in [0.15, 0.2) is 0 Å². The number of primary amides is 1. The smallest absolute Gasteiger partial charge is 0.220 e. The fourth-order valence-corrected chi connectivity index (χ4v) is 5.57. The van der Waals surface area contributed by atoms with Gasteiger partial charge in [-0.05, 0) is 90.5 Å². The van der Waals surface area contributed by atoms with Gasteiger partial charge in [0.05, 0.1) is 0 Å². The van der Waals surface area contributed by atoms with Gasteiger partial charge in [0.25, 0.3) is 0 Å². The first-order valence-corrected chi connectivity index (χ1v) is 16.6. The minimum absolute atomic E-state index is 0.0697. The first-order chi connectivity index (χ1) is 19.7. The van der Waals surface area contributed by atoms with Crippen molar-refractivity contribution in [2.24, 2.45) is 45.6 Å². The molecule has 0 saturated carbocycles. The highest BCUT2D eigenvalue weighted by Crippen LogP contribution is 2.43. The quantitative estimate of drug-likeness (QED) is 0.0634. The fraction of sp³-hybridized carbons (Fsp3) is 0.935. The summed E-state index contributed by atoms with van der Waals surface area (Å²) >= 11 is 0. The fourth-order valence-electron chi connectivity index (χ4n) is 5.57. The molecule has 0 rings (SSSR count). The van der Waals surface area contributed by atoms with Crippen LogP contribution in [0.25, 0.3) is 0 Å². The van der Waals surface area contributed by atoms with Crippen molar-refractivity contribution in [3.05, 3.63) is 0 Å². The zero-order valence-corrected chi connectivity index (χ0v) is 26.7. The first kappa shape index (κ1) is 41.8. The second kappa shape index (κ2) is 28.8. The number of hydrogen-bond donors (Lipinski definition) is 8. The van der Waals surface area contributed by atoms with Gasteiger partial charge >= 0.3 is 0 Å². The molecule has 10 nitrogen and oxygen atoms in total. The highest BCUT2D eigenvalue weighted by molar-refractivity contribution is 5.82. The lowest BCUT2D eigenvalue weighted by atomic mass is 9.61. The molecule has 0 heterocycles. The minimum Gasteiger partial charge on any atom is -0.370 e. The van der Waals surface area contributed by atoms with Crippen molar-refractivity contribution in [1.82, 2.24) is 5.32 Å². The van der Waals surface area contributed by atoms with Gasteiger partial charge in [0, 0.05) is 30.3 Å². The van der Waals surface area contributed by atoms with Crippen molar-refractivity contribution < 1.29 is 9.59 Å². The highest BCUT2D eigenvalue weighted by atomic mass is 16.2. The van der Waals surface area contributed by atoms with Gasteiger partial charge in [-0.15, -0.1) is 0 Å². The van der Waals surface area contributed by atoms with Crippen molar-refractivity contribution >= 4 is 11.8 Å². The number of unbranched alkanes of at least 4 members (excludes halogenated alkanes) is 9. The normalized spacial score (nSPS) is 11.7. The molecule has 0 radical (unpaired) electrons. The maximum Gasteiger partial charge on any atom is 0.220 e. The third kappa shape index (κ3) is 22.0. The standard InChI is InChI=1S/C16H32N2O2.C15H38N6/c1-2-3-4-5-6-7-8-9-10-11-14-18-16(20)13-12-15(17)19;16-9-1-5-14(13-20,6-2-10-17)15(21,7-3-11-18)8-4-12-19/h2-14H2,1H3,(H2,17,19)(H,18,20);1-13,16-21H2. The lowest BCUT2D eigenvalue weighted by molar-refractivity contribution is -0.125. The second-order valence-electron chi connectivity index (χ2n) is 11.7. The van der Waals surface area contributed by atoms with E-state index in [0.717, 1.165) is 57.8 Å². The van der Waals surface area contributed by atoms with Gasteiger partial charge in [-0.1, -0.05) is 64.7 Å². The Morgan fingerprint density at radius 3 is 1.39 bits per heavy atom. The molecule has 15 N–H and O–H groups in total. The van der Waals surface area contributed by atoms with E-state index in [1.807, 2.05) is 0 Å². The molecule has 0 aliphatic carbocycles. The number of nitrogens with two attached hydrogens (primary N) is 7. The average Bonchev–Trinajstić information content (AvgIpc) is 2.97. The molecule has 0 spiro atoms. The Morgan fingerprint density at radius 1 is 0.585 bits per heavy atom. The van der Waals surface area contributed by atoms with E-state index < -0.39 is 5.91 Å².